The minimum atomic E-state index is -4.51. The summed E-state index contributed by atoms with van der Waals surface area (Å²) in [5.41, 5.74) is 4.13. The van der Waals surface area contributed by atoms with E-state index in [0.29, 0.717) is 0 Å². The van der Waals surface area contributed by atoms with Crippen molar-refractivity contribution in [2.75, 3.05) is 13.7 Å². The molecule has 15 heavy (non-hydrogen) atoms. The van der Waals surface area contributed by atoms with E-state index < -0.39 is 11.9 Å². The molecule has 4 nitrogen and oxygen atoms in total. The van der Waals surface area contributed by atoms with Crippen molar-refractivity contribution in [2.24, 2.45) is 5.73 Å². The topological polar surface area (TPSA) is 61.0 Å². The molecule has 0 unspecified atom stereocenters. The first kappa shape index (κ1) is 11.7. The van der Waals surface area contributed by atoms with Crippen molar-refractivity contribution < 1.29 is 17.9 Å². The van der Waals surface area contributed by atoms with Gasteiger partial charge in [0.15, 0.2) is 5.69 Å². The van der Waals surface area contributed by atoms with Crippen LogP contribution in [0.25, 0.3) is 0 Å². The monoisotopic (exact) mass is 221 g/mol. The SMILES string of the molecule is COc1ncnc(C(F)(F)F)c1CCN. The highest BCUT2D eigenvalue weighted by atomic mass is 19.4. The smallest absolute Gasteiger partial charge is 0.433 e. The first-order valence-electron chi connectivity index (χ1n) is 4.15. The number of nitrogens with zero attached hydrogens (tertiary/aromatic N) is 2. The Morgan fingerprint density at radius 2 is 2.07 bits per heavy atom. The van der Waals surface area contributed by atoms with Crippen molar-refractivity contribution in [1.29, 1.82) is 0 Å². The van der Waals surface area contributed by atoms with Crippen LogP contribution in [0.3, 0.4) is 0 Å². The maximum atomic E-state index is 12.5. The average Bonchev–Trinajstić information content (AvgIpc) is 2.17. The maximum Gasteiger partial charge on any atom is 0.433 e. The van der Waals surface area contributed by atoms with Crippen LogP contribution in [0.1, 0.15) is 11.3 Å². The van der Waals surface area contributed by atoms with Crippen LogP contribution in [0, 0.1) is 0 Å². The first-order chi connectivity index (χ1) is 7.00. The zero-order chi connectivity index (χ0) is 11.5. The lowest BCUT2D eigenvalue weighted by molar-refractivity contribution is -0.142. The summed E-state index contributed by atoms with van der Waals surface area (Å²) in [6.07, 6.45) is -3.67. The molecule has 0 saturated heterocycles. The zero-order valence-corrected chi connectivity index (χ0v) is 8.01. The predicted octanol–water partition coefficient (Wildman–Crippen LogP) is 1.01. The van der Waals surface area contributed by atoms with E-state index in [2.05, 4.69) is 9.97 Å². The molecule has 1 aromatic rings. The highest BCUT2D eigenvalue weighted by Crippen LogP contribution is 2.33. The molecule has 0 amide bonds. The van der Waals surface area contributed by atoms with Gasteiger partial charge < -0.3 is 10.5 Å². The summed E-state index contributed by atoms with van der Waals surface area (Å²) in [7, 11) is 1.25. The van der Waals surface area contributed by atoms with Crippen molar-refractivity contribution in [2.45, 2.75) is 12.6 Å². The molecule has 0 fully saturated rings. The lowest BCUT2D eigenvalue weighted by atomic mass is 10.1. The Morgan fingerprint density at radius 3 is 2.53 bits per heavy atom. The van der Waals surface area contributed by atoms with Gasteiger partial charge in [-0.3, -0.25) is 0 Å². The standard InChI is InChI=1S/C8H10F3N3O/c1-15-7-5(2-3-12)6(8(9,10)11)13-4-14-7/h4H,2-3,12H2,1H3. The third-order valence-corrected chi connectivity index (χ3v) is 1.76. The van der Waals surface area contributed by atoms with E-state index in [9.17, 15) is 13.2 Å². The van der Waals surface area contributed by atoms with Gasteiger partial charge in [-0.1, -0.05) is 0 Å². The Labute approximate surface area is 84.3 Å². The number of hydrogen-bond acceptors (Lipinski definition) is 4. The molecule has 0 aliphatic heterocycles. The van der Waals surface area contributed by atoms with Gasteiger partial charge in [0.2, 0.25) is 5.88 Å². The van der Waals surface area contributed by atoms with Gasteiger partial charge >= 0.3 is 6.18 Å². The van der Waals surface area contributed by atoms with Crippen molar-refractivity contribution in [3.05, 3.63) is 17.6 Å². The second kappa shape index (κ2) is 4.43. The van der Waals surface area contributed by atoms with Gasteiger partial charge in [0.1, 0.15) is 6.33 Å². The van der Waals surface area contributed by atoms with Crippen molar-refractivity contribution in [3.8, 4) is 5.88 Å². The number of ether oxygens (including phenoxy) is 1. The molecule has 7 heteroatoms. The number of hydrogen-bond donors (Lipinski definition) is 1. The van der Waals surface area contributed by atoms with Gasteiger partial charge in [-0.15, -0.1) is 0 Å². The Balaban J connectivity index is 3.25. The van der Waals surface area contributed by atoms with Crippen LogP contribution in [0.15, 0.2) is 6.33 Å². The lowest BCUT2D eigenvalue weighted by Gasteiger charge is -2.12. The molecule has 1 heterocycles. The van der Waals surface area contributed by atoms with E-state index in [0.717, 1.165) is 6.33 Å². The summed E-state index contributed by atoms with van der Waals surface area (Å²) in [5.74, 6) is -0.0808. The second-order valence-electron chi connectivity index (χ2n) is 2.75. The third kappa shape index (κ3) is 2.56. The molecule has 0 spiro atoms. The van der Waals surface area contributed by atoms with Gasteiger partial charge in [-0.25, -0.2) is 9.97 Å². The third-order valence-electron chi connectivity index (χ3n) is 1.76. The van der Waals surface area contributed by atoms with Gasteiger partial charge in [0, 0.05) is 5.56 Å². The van der Waals surface area contributed by atoms with E-state index >= 15 is 0 Å². The molecule has 84 valence electrons. The fraction of sp³-hybridized carbons (Fsp3) is 0.500. The first-order valence-corrected chi connectivity index (χ1v) is 4.15. The molecular formula is C8H10F3N3O. The summed E-state index contributed by atoms with van der Waals surface area (Å²) < 4.78 is 42.2. The fourth-order valence-corrected chi connectivity index (χ4v) is 1.19. The molecule has 2 N–H and O–H groups in total. The average molecular weight is 221 g/mol. The molecular weight excluding hydrogens is 211 g/mol. The molecule has 0 aliphatic carbocycles. The van der Waals surface area contributed by atoms with Crippen LogP contribution in [0.5, 0.6) is 5.88 Å². The van der Waals surface area contributed by atoms with Crippen LogP contribution in [0.2, 0.25) is 0 Å². The minimum Gasteiger partial charge on any atom is -0.481 e. The van der Waals surface area contributed by atoms with Gasteiger partial charge in [-0.05, 0) is 13.0 Å². The van der Waals surface area contributed by atoms with Crippen LogP contribution in [0.4, 0.5) is 13.2 Å². The quantitative estimate of drug-likeness (QED) is 0.827. The van der Waals surface area contributed by atoms with Gasteiger partial charge in [0.05, 0.1) is 7.11 Å². The molecule has 0 bridgehead atoms. The molecule has 1 aromatic heterocycles. The van der Waals surface area contributed by atoms with Gasteiger partial charge in [0.25, 0.3) is 0 Å². The summed E-state index contributed by atoms with van der Waals surface area (Å²) in [5, 5.41) is 0. The van der Waals surface area contributed by atoms with Crippen molar-refractivity contribution in [3.63, 3.8) is 0 Å². The van der Waals surface area contributed by atoms with E-state index in [4.69, 9.17) is 10.5 Å². The highest BCUT2D eigenvalue weighted by Gasteiger charge is 2.36. The van der Waals surface area contributed by atoms with Gasteiger partial charge in [-0.2, -0.15) is 13.2 Å². The Kier molecular flexibility index (Phi) is 3.46. The maximum absolute atomic E-state index is 12.5. The van der Waals surface area contributed by atoms with E-state index in [1.54, 1.807) is 0 Å². The molecule has 0 aliphatic rings. The van der Waals surface area contributed by atoms with Crippen LogP contribution >= 0.6 is 0 Å². The Bertz CT molecular complexity index is 340. The predicted molar refractivity (Wildman–Crippen MR) is 46.3 cm³/mol. The Hall–Kier alpha value is -1.37. The van der Waals surface area contributed by atoms with Crippen molar-refractivity contribution in [1.82, 2.24) is 9.97 Å². The Morgan fingerprint density at radius 1 is 1.40 bits per heavy atom. The number of halogens is 3. The molecule has 1 rings (SSSR count). The number of rotatable bonds is 3. The van der Waals surface area contributed by atoms with Crippen LogP contribution < -0.4 is 10.5 Å². The number of aromatic nitrogens is 2. The highest BCUT2D eigenvalue weighted by molar-refractivity contribution is 5.31. The summed E-state index contributed by atoms with van der Waals surface area (Å²) >= 11 is 0. The van der Waals surface area contributed by atoms with Crippen LogP contribution in [-0.4, -0.2) is 23.6 Å². The summed E-state index contributed by atoms with van der Waals surface area (Å²) in [6.45, 7) is 0.0762. The van der Waals surface area contributed by atoms with E-state index in [1.807, 2.05) is 0 Å². The number of methoxy groups -OCH3 is 1. The summed E-state index contributed by atoms with van der Waals surface area (Å²) in [4.78, 5) is 6.81. The van der Waals surface area contributed by atoms with Crippen LogP contribution in [-0.2, 0) is 12.6 Å². The normalized spacial score (nSPS) is 11.5. The molecule has 0 radical (unpaired) electrons. The molecule has 0 atom stereocenters. The summed E-state index contributed by atoms with van der Waals surface area (Å²) in [6, 6.07) is 0. The van der Waals surface area contributed by atoms with E-state index in [-0.39, 0.29) is 24.4 Å². The lowest BCUT2D eigenvalue weighted by Crippen LogP contribution is -2.16. The second-order valence-corrected chi connectivity index (χ2v) is 2.75. The van der Waals surface area contributed by atoms with E-state index in [1.165, 1.54) is 7.11 Å². The number of alkyl halides is 3. The largest absolute Gasteiger partial charge is 0.481 e. The van der Waals surface area contributed by atoms with Crippen molar-refractivity contribution >= 4 is 0 Å². The molecule has 0 aromatic carbocycles. The minimum absolute atomic E-state index is 0.0266. The zero-order valence-electron chi connectivity index (χ0n) is 8.01. The molecule has 0 saturated carbocycles. The number of nitrogens with two attached hydrogens (primary N) is 1. The fourth-order valence-electron chi connectivity index (χ4n) is 1.19.